The van der Waals surface area contributed by atoms with E-state index in [2.05, 4.69) is 36.3 Å². The summed E-state index contributed by atoms with van der Waals surface area (Å²) >= 11 is 0. The van der Waals surface area contributed by atoms with Crippen LogP contribution in [0.25, 0.3) is 9.69 Å². The second-order valence-electron chi connectivity index (χ2n) is 4.57. The summed E-state index contributed by atoms with van der Waals surface area (Å²) in [6.07, 6.45) is 0. The van der Waals surface area contributed by atoms with E-state index in [4.69, 9.17) is 31.8 Å². The van der Waals surface area contributed by atoms with Crippen molar-refractivity contribution in [2.24, 2.45) is 0 Å². The monoisotopic (exact) mass is 462 g/mol. The molecule has 0 radical (unpaired) electrons. The van der Waals surface area contributed by atoms with E-state index < -0.39 is 0 Å². The molecule has 0 saturated carbocycles. The molecule has 0 heterocycles. The predicted octanol–water partition coefficient (Wildman–Crippen LogP) is 3.26. The van der Waals surface area contributed by atoms with Crippen LogP contribution in [-0.4, -0.2) is 11.1 Å². The van der Waals surface area contributed by atoms with Gasteiger partial charge in [-0.3, -0.25) is 0 Å². The first kappa shape index (κ1) is 42.7. The van der Waals surface area contributed by atoms with Gasteiger partial charge in [-0.15, -0.1) is 0 Å². The van der Waals surface area contributed by atoms with Crippen LogP contribution in [0.3, 0.4) is 0 Å². The first-order valence-corrected chi connectivity index (χ1v) is 4.71. The average molecular weight is 462 g/mol. The second-order valence-corrected chi connectivity index (χ2v) is 4.57. The molecule has 0 unspecified atom stereocenters. The summed E-state index contributed by atoms with van der Waals surface area (Å²) in [6, 6.07) is 0. The minimum Gasteiger partial charge on any atom is 0 e. The molecular weight excluding hydrogens is 444 g/mol. The zero-order valence-electron chi connectivity index (χ0n) is 12.9. The quantitative estimate of drug-likeness (QED) is 0.391. The van der Waals surface area contributed by atoms with E-state index in [-0.39, 0.29) is 32.1 Å². The Labute approximate surface area is 142 Å². The number of hydrogen-bond donors (Lipinski definition) is 0. The average Bonchev–Trinajstić information content (AvgIpc) is 2.46. The van der Waals surface area contributed by atoms with Crippen LogP contribution in [0.2, 0.25) is 0 Å². The van der Waals surface area contributed by atoms with Crippen molar-refractivity contribution < 1.29 is 39.7 Å². The third kappa shape index (κ3) is 240. The van der Waals surface area contributed by atoms with Crippen molar-refractivity contribution in [2.75, 3.05) is 0 Å². The van der Waals surface area contributed by atoms with Crippen molar-refractivity contribution >= 4 is 0 Å². The Balaban J connectivity index is -0.0000000246. The molecule has 0 spiro atoms. The second kappa shape index (κ2) is 36.3. The van der Waals surface area contributed by atoms with Crippen molar-refractivity contribution in [3.05, 3.63) is 49.4 Å². The van der Waals surface area contributed by atoms with Gasteiger partial charge in [-0.05, 0) is 0 Å². The molecule has 0 aromatic rings. The molecule has 0 aromatic heterocycles. The third-order valence-corrected chi connectivity index (χ3v) is 0.671. The zero-order valence-corrected chi connectivity index (χ0v) is 15.9. The number of hydrogen-bond acceptors (Lipinski definition) is 0. The van der Waals surface area contributed by atoms with E-state index in [0.717, 1.165) is 0 Å². The van der Waals surface area contributed by atoms with Crippen LogP contribution < -0.4 is 0 Å². The van der Waals surface area contributed by atoms with Crippen molar-refractivity contribution in [3.8, 4) is 0 Å². The summed E-state index contributed by atoms with van der Waals surface area (Å²) in [6.45, 7) is 42.3. The Kier molecular flexibility index (Phi) is 73.8. The summed E-state index contributed by atoms with van der Waals surface area (Å²) in [7, 11) is 0. The molecule has 114 valence electrons. The van der Waals surface area contributed by atoms with Crippen molar-refractivity contribution in [3.63, 3.8) is 0 Å². The Bertz CT molecular complexity index is 296. The van der Waals surface area contributed by atoms with Gasteiger partial charge in [-0.1, -0.05) is 0 Å². The fourth-order valence-electron chi connectivity index (χ4n) is 0. The third-order valence-electron chi connectivity index (χ3n) is 0.671. The van der Waals surface area contributed by atoms with Crippen LogP contribution in [0.5, 0.6) is 0 Å². The molecule has 0 amide bonds. The Morgan fingerprint density at radius 2 is 0.571 bits per heavy atom. The zero-order chi connectivity index (χ0) is 18.4. The van der Waals surface area contributed by atoms with Crippen molar-refractivity contribution in [1.29, 1.82) is 0 Å². The molecule has 0 atom stereocenters. The predicted molar refractivity (Wildman–Crippen MR) is 68.4 cm³/mol. The molecule has 21 heavy (non-hydrogen) atoms. The van der Waals surface area contributed by atoms with Gasteiger partial charge in [0.15, 0.2) is 0 Å². The van der Waals surface area contributed by atoms with Gasteiger partial charge in [0.1, 0.15) is 0 Å². The summed E-state index contributed by atoms with van der Waals surface area (Å²) in [4.78, 5) is 6.54. The standard InChI is InChI=1S/2C5H9N.4CO.W/c2*1-5(2,3)6-4;4*1-2;/h2*1-3H3;;;;;. The van der Waals surface area contributed by atoms with Crippen LogP contribution in [0.1, 0.15) is 41.5 Å². The molecule has 0 saturated heterocycles. The minimum atomic E-state index is -0.167. The normalized spacial score (nSPS) is 6.29. The summed E-state index contributed by atoms with van der Waals surface area (Å²) < 4.78 is 30.0. The molecule has 0 fully saturated rings. The van der Waals surface area contributed by atoms with E-state index in [9.17, 15) is 0 Å². The maximum atomic E-state index is 7.50. The van der Waals surface area contributed by atoms with Gasteiger partial charge in [0.05, 0.1) is 0 Å². The van der Waals surface area contributed by atoms with Crippen LogP contribution in [-0.2, 0) is 39.7 Å². The largest absolute Gasteiger partial charge is 0 e. The van der Waals surface area contributed by atoms with Crippen LogP contribution in [0.4, 0.5) is 0 Å². The molecule has 0 aliphatic carbocycles. The molecule has 0 bridgehead atoms. The van der Waals surface area contributed by atoms with Crippen LogP contribution in [0, 0.1) is 39.7 Å². The van der Waals surface area contributed by atoms with Gasteiger partial charge in [0.25, 0.3) is 0 Å². The van der Waals surface area contributed by atoms with E-state index in [1.165, 1.54) is 0 Å². The maximum absolute atomic E-state index is 7.50. The Hall–Kier alpha value is -1.37. The molecule has 0 aliphatic heterocycles. The molecule has 0 N–H and O–H groups in total. The molecular formula is C14H18N2O4W. The van der Waals surface area contributed by atoms with Gasteiger partial charge >= 0.3 is 45.2 Å². The van der Waals surface area contributed by atoms with Gasteiger partial charge in [0, 0.05) is 62.6 Å². The van der Waals surface area contributed by atoms with E-state index in [1.54, 1.807) is 0 Å². The Morgan fingerprint density at radius 3 is 0.571 bits per heavy atom. The van der Waals surface area contributed by atoms with Gasteiger partial charge < -0.3 is 9.69 Å². The van der Waals surface area contributed by atoms with Gasteiger partial charge in [0.2, 0.25) is 11.1 Å². The van der Waals surface area contributed by atoms with E-state index in [1.807, 2.05) is 41.5 Å². The summed E-state index contributed by atoms with van der Waals surface area (Å²) in [5.74, 6) is 0. The Morgan fingerprint density at radius 1 is 0.524 bits per heavy atom. The van der Waals surface area contributed by atoms with Gasteiger partial charge in [-0.2, -0.15) is 0 Å². The van der Waals surface area contributed by atoms with E-state index >= 15 is 0 Å². The van der Waals surface area contributed by atoms with Crippen LogP contribution >= 0.6 is 0 Å². The van der Waals surface area contributed by atoms with Crippen LogP contribution in [0.15, 0.2) is 0 Å². The number of nitrogens with zero attached hydrogens (tertiary/aromatic N) is 2. The number of rotatable bonds is 0. The van der Waals surface area contributed by atoms with Crippen molar-refractivity contribution in [1.82, 2.24) is 0 Å². The summed E-state index contributed by atoms with van der Waals surface area (Å²) in [5, 5.41) is 0. The minimum absolute atomic E-state index is 0. The molecule has 6 nitrogen and oxygen atoms in total. The molecule has 0 aliphatic rings. The van der Waals surface area contributed by atoms with E-state index in [0.29, 0.717) is 0 Å². The first-order valence-electron chi connectivity index (χ1n) is 4.71. The molecule has 0 rings (SSSR count). The molecule has 0 aromatic carbocycles. The fraction of sp³-hybridized carbons (Fsp3) is 0.571. The van der Waals surface area contributed by atoms with Crippen molar-refractivity contribution in [2.45, 2.75) is 52.6 Å². The smallest absolute Gasteiger partial charge is 0 e. The maximum Gasteiger partial charge on any atom is 0 e. The van der Waals surface area contributed by atoms with Gasteiger partial charge in [-0.25, -0.2) is 13.1 Å². The SMILES string of the molecule is [C-]#[N+]C(C)(C)C.[C-]#[N+]C(C)(C)C.[C-]#[O+].[C-]#[O+].[C-]#[O+].[C-]#[O+].[W]. The fourth-order valence-corrected chi connectivity index (χ4v) is 0. The first-order chi connectivity index (χ1) is 9.12. The summed E-state index contributed by atoms with van der Waals surface area (Å²) in [5.41, 5.74) is -0.333. The molecule has 7 heteroatoms. The topological polar surface area (TPSA) is 88.3 Å².